The Kier molecular flexibility index (Phi) is 3.51. The van der Waals surface area contributed by atoms with Crippen molar-refractivity contribution in [1.82, 2.24) is 0 Å². The highest BCUT2D eigenvalue weighted by Gasteiger charge is 2.14. The van der Waals surface area contributed by atoms with Gasteiger partial charge >= 0.3 is 0 Å². The van der Waals surface area contributed by atoms with Gasteiger partial charge in [-0.1, -0.05) is 24.1 Å². The Balaban J connectivity index is 2.73. The molecule has 0 N–H and O–H groups in total. The quantitative estimate of drug-likeness (QED) is 0.543. The van der Waals surface area contributed by atoms with Gasteiger partial charge in [-0.15, -0.1) is 6.42 Å². The van der Waals surface area contributed by atoms with Gasteiger partial charge in [0.05, 0.1) is 6.61 Å². The topological polar surface area (TPSA) is 9.23 Å². The Bertz CT molecular complexity index is 344. The first-order valence-corrected chi connectivity index (χ1v) is 8.12. The minimum absolute atomic E-state index is 0.635. The van der Waals surface area contributed by atoms with Crippen LogP contribution in [0, 0.1) is 12.3 Å². The summed E-state index contributed by atoms with van der Waals surface area (Å²) in [6.07, 6.45) is 5.40. The van der Waals surface area contributed by atoms with Crippen molar-refractivity contribution in [3.8, 4) is 12.3 Å². The van der Waals surface area contributed by atoms with Gasteiger partial charge in [0.1, 0.15) is 0 Å². The molecule has 0 radical (unpaired) electrons. The molecule has 14 heavy (non-hydrogen) atoms. The molecular weight excluding hydrogens is 188 g/mol. The molecule has 0 unspecified atom stereocenters. The van der Waals surface area contributed by atoms with E-state index in [1.165, 1.54) is 0 Å². The maximum Gasteiger partial charge on any atom is 0.184 e. The van der Waals surface area contributed by atoms with Crippen molar-refractivity contribution in [3.05, 3.63) is 35.4 Å². The molecule has 0 saturated heterocycles. The second-order valence-corrected chi connectivity index (χ2v) is 8.72. The van der Waals surface area contributed by atoms with E-state index in [1.807, 2.05) is 24.3 Å². The summed E-state index contributed by atoms with van der Waals surface area (Å²) in [5, 5.41) is 0. The lowest BCUT2D eigenvalue weighted by Gasteiger charge is -2.17. The average molecular weight is 204 g/mol. The van der Waals surface area contributed by atoms with Crippen molar-refractivity contribution in [2.24, 2.45) is 0 Å². The Morgan fingerprint density at radius 2 is 1.93 bits per heavy atom. The summed E-state index contributed by atoms with van der Waals surface area (Å²) in [5.74, 6) is 2.67. The largest absolute Gasteiger partial charge is 0.413 e. The summed E-state index contributed by atoms with van der Waals surface area (Å²) in [7, 11) is -1.44. The molecule has 0 fully saturated rings. The monoisotopic (exact) mass is 204 g/mol. The van der Waals surface area contributed by atoms with Crippen LogP contribution < -0.4 is 0 Å². The van der Waals surface area contributed by atoms with Crippen molar-refractivity contribution >= 4 is 8.32 Å². The smallest absolute Gasteiger partial charge is 0.184 e. The first-order valence-electron chi connectivity index (χ1n) is 4.71. The summed E-state index contributed by atoms with van der Waals surface area (Å²) in [6, 6.07) is 7.91. The summed E-state index contributed by atoms with van der Waals surface area (Å²) in [4.78, 5) is 0. The van der Waals surface area contributed by atoms with Crippen LogP contribution in [-0.4, -0.2) is 8.32 Å². The summed E-state index contributed by atoms with van der Waals surface area (Å²) in [6.45, 7) is 7.15. The molecular formula is C12H16OSi. The van der Waals surface area contributed by atoms with Crippen LogP contribution in [0.5, 0.6) is 0 Å². The van der Waals surface area contributed by atoms with Crippen LogP contribution in [0.3, 0.4) is 0 Å². The molecule has 0 saturated carbocycles. The van der Waals surface area contributed by atoms with Crippen molar-refractivity contribution < 1.29 is 4.43 Å². The molecule has 0 bridgehead atoms. The first kappa shape index (κ1) is 11.0. The zero-order chi connectivity index (χ0) is 10.6. The maximum atomic E-state index is 5.80. The molecule has 1 aromatic rings. The molecule has 0 aliphatic rings. The summed E-state index contributed by atoms with van der Waals surface area (Å²) < 4.78 is 5.80. The molecule has 74 valence electrons. The van der Waals surface area contributed by atoms with Gasteiger partial charge in [-0.25, -0.2) is 0 Å². The third-order valence-corrected chi connectivity index (χ3v) is 2.84. The average Bonchev–Trinajstić information content (AvgIpc) is 2.14. The van der Waals surface area contributed by atoms with E-state index >= 15 is 0 Å². The Hall–Kier alpha value is -1.04. The third-order valence-electron chi connectivity index (χ3n) is 1.83. The third kappa shape index (κ3) is 3.37. The Morgan fingerprint density at radius 1 is 1.29 bits per heavy atom. The lowest BCUT2D eigenvalue weighted by molar-refractivity contribution is 0.299. The fourth-order valence-electron chi connectivity index (χ4n) is 1.08. The Morgan fingerprint density at radius 3 is 2.50 bits per heavy atom. The molecule has 1 nitrogen and oxygen atoms in total. The first-order chi connectivity index (χ1) is 6.53. The molecule has 1 rings (SSSR count). The SMILES string of the molecule is C#Cc1ccccc1CO[Si](C)(C)C. The highest BCUT2D eigenvalue weighted by atomic mass is 28.4. The van der Waals surface area contributed by atoms with Crippen LogP contribution in [0.15, 0.2) is 24.3 Å². The fourth-order valence-corrected chi connectivity index (χ4v) is 1.67. The van der Waals surface area contributed by atoms with Crippen LogP contribution in [0.1, 0.15) is 11.1 Å². The number of hydrogen-bond acceptors (Lipinski definition) is 1. The van der Waals surface area contributed by atoms with Gasteiger partial charge < -0.3 is 4.43 Å². The minimum atomic E-state index is -1.44. The molecule has 0 aliphatic heterocycles. The van der Waals surface area contributed by atoms with Crippen molar-refractivity contribution in [2.45, 2.75) is 26.2 Å². The number of rotatable bonds is 3. The molecule has 0 atom stereocenters. The van der Waals surface area contributed by atoms with Crippen molar-refractivity contribution in [2.75, 3.05) is 0 Å². The number of hydrogen-bond donors (Lipinski definition) is 0. The zero-order valence-electron chi connectivity index (χ0n) is 9.00. The van der Waals surface area contributed by atoms with Gasteiger partial charge in [-0.3, -0.25) is 0 Å². The lowest BCUT2D eigenvalue weighted by atomic mass is 10.1. The van der Waals surface area contributed by atoms with Crippen LogP contribution in [0.2, 0.25) is 19.6 Å². The van der Waals surface area contributed by atoms with Gasteiger partial charge in [0.15, 0.2) is 8.32 Å². The standard InChI is InChI=1S/C12H16OSi/c1-5-11-8-6-7-9-12(11)10-13-14(2,3)4/h1,6-9H,10H2,2-4H3. The molecule has 2 heteroatoms. The van der Waals surface area contributed by atoms with Crippen LogP contribution in [0.4, 0.5) is 0 Å². The molecule has 0 aliphatic carbocycles. The van der Waals surface area contributed by atoms with Crippen LogP contribution >= 0.6 is 0 Å². The van der Waals surface area contributed by atoms with E-state index in [4.69, 9.17) is 10.8 Å². The molecule has 1 aromatic carbocycles. The van der Waals surface area contributed by atoms with E-state index in [2.05, 4.69) is 25.6 Å². The molecule has 0 heterocycles. The van der Waals surface area contributed by atoms with Gasteiger partial charge in [-0.2, -0.15) is 0 Å². The minimum Gasteiger partial charge on any atom is -0.413 e. The Labute approximate surface area is 87.2 Å². The highest BCUT2D eigenvalue weighted by Crippen LogP contribution is 2.12. The van der Waals surface area contributed by atoms with E-state index in [0.717, 1.165) is 11.1 Å². The van der Waals surface area contributed by atoms with Gasteiger partial charge in [0, 0.05) is 5.56 Å². The zero-order valence-corrected chi connectivity index (χ0v) is 10.0. The van der Waals surface area contributed by atoms with Crippen LogP contribution in [-0.2, 0) is 11.0 Å². The van der Waals surface area contributed by atoms with E-state index in [0.29, 0.717) is 6.61 Å². The fraction of sp³-hybridized carbons (Fsp3) is 0.333. The highest BCUT2D eigenvalue weighted by molar-refractivity contribution is 6.69. The predicted octanol–water partition coefficient (Wildman–Crippen LogP) is 3.02. The summed E-state index contributed by atoms with van der Waals surface area (Å²) >= 11 is 0. The normalized spacial score (nSPS) is 11.0. The molecule has 0 aromatic heterocycles. The van der Waals surface area contributed by atoms with Gasteiger partial charge in [-0.05, 0) is 31.3 Å². The summed E-state index contributed by atoms with van der Waals surface area (Å²) in [5.41, 5.74) is 2.04. The van der Waals surface area contributed by atoms with Crippen LogP contribution in [0.25, 0.3) is 0 Å². The maximum absolute atomic E-state index is 5.80. The van der Waals surface area contributed by atoms with E-state index in [1.54, 1.807) is 0 Å². The number of terminal acetylenes is 1. The lowest BCUT2D eigenvalue weighted by Crippen LogP contribution is -2.25. The van der Waals surface area contributed by atoms with Crippen molar-refractivity contribution in [3.63, 3.8) is 0 Å². The predicted molar refractivity (Wildman–Crippen MR) is 62.5 cm³/mol. The molecule has 0 amide bonds. The van der Waals surface area contributed by atoms with E-state index < -0.39 is 8.32 Å². The van der Waals surface area contributed by atoms with E-state index in [-0.39, 0.29) is 0 Å². The van der Waals surface area contributed by atoms with Crippen molar-refractivity contribution in [1.29, 1.82) is 0 Å². The number of benzene rings is 1. The van der Waals surface area contributed by atoms with Gasteiger partial charge in [0.25, 0.3) is 0 Å². The molecule has 0 spiro atoms. The second kappa shape index (κ2) is 4.45. The van der Waals surface area contributed by atoms with Gasteiger partial charge in [0.2, 0.25) is 0 Å². The van der Waals surface area contributed by atoms with E-state index in [9.17, 15) is 0 Å². The second-order valence-electron chi connectivity index (χ2n) is 4.20.